The van der Waals surface area contributed by atoms with E-state index in [0.29, 0.717) is 29.7 Å². The number of aliphatic hydroxyl groups is 2. The Morgan fingerprint density at radius 2 is 1.97 bits per heavy atom. The van der Waals surface area contributed by atoms with Crippen LogP contribution in [0.15, 0.2) is 64.8 Å². The zero-order valence-corrected chi connectivity index (χ0v) is 16.4. The Hall–Kier alpha value is -2.22. The topological polar surface area (TPSA) is 62.0 Å². The average Bonchev–Trinajstić information content (AvgIpc) is 3.28. The Labute approximate surface area is 168 Å². The minimum absolute atomic E-state index is 0.144. The second-order valence-corrected chi connectivity index (χ2v) is 6.86. The van der Waals surface area contributed by atoms with Crippen LogP contribution < -0.4 is 0 Å². The highest BCUT2D eigenvalue weighted by Crippen LogP contribution is 2.30. The summed E-state index contributed by atoms with van der Waals surface area (Å²) >= 11 is 0. The molecule has 2 N–H and O–H groups in total. The Kier molecular flexibility index (Phi) is 8.37. The predicted octanol–water partition coefficient (Wildman–Crippen LogP) is 4.51. The van der Waals surface area contributed by atoms with Crippen LogP contribution in [0.25, 0.3) is 0 Å². The Morgan fingerprint density at radius 1 is 1.31 bits per heavy atom. The van der Waals surface area contributed by atoms with Gasteiger partial charge < -0.3 is 14.9 Å². The molecule has 0 spiro atoms. The molecule has 1 heterocycles. The van der Waals surface area contributed by atoms with E-state index in [4.69, 9.17) is 4.74 Å². The maximum atomic E-state index is 12.7. The highest BCUT2D eigenvalue weighted by molar-refractivity contribution is 5.58. The largest absolute Gasteiger partial charge is 0.390 e. The smallest absolute Gasteiger partial charge is 0.263 e. The molecule has 3 rings (SSSR count). The van der Waals surface area contributed by atoms with Gasteiger partial charge in [0.05, 0.1) is 24.0 Å². The number of allylic oxidation sites excluding steroid dienone is 4. The standard InChI is InChI=1S/C12H15FO3.C10H11F2N/c1-7-10(14)6-11(16-7)12(15)8-2-4-9(13)5-3-8;1-3-13-9-6-4-5-8(9)7(2)10(11)12/h2-5,7,10-12,14-15H,6H2,1H3;3-5,10H,2,6H2,1H3/t7-,10+,11-,12+;/m0./s1. The van der Waals surface area contributed by atoms with E-state index >= 15 is 0 Å². The van der Waals surface area contributed by atoms with Gasteiger partial charge in [-0.2, -0.15) is 0 Å². The minimum atomic E-state index is -2.50. The summed E-state index contributed by atoms with van der Waals surface area (Å²) in [6.45, 7) is 6.86. The van der Waals surface area contributed by atoms with Crippen molar-refractivity contribution in [3.8, 4) is 0 Å². The molecule has 2 aliphatic rings. The molecule has 1 aliphatic carbocycles. The molecule has 1 aromatic rings. The van der Waals surface area contributed by atoms with Gasteiger partial charge in [0.25, 0.3) is 6.43 Å². The van der Waals surface area contributed by atoms with E-state index in [1.165, 1.54) is 24.3 Å². The number of alkyl halides is 2. The molecule has 0 aromatic heterocycles. The van der Waals surface area contributed by atoms with E-state index < -0.39 is 24.7 Å². The van der Waals surface area contributed by atoms with Crippen molar-refractivity contribution in [3.05, 3.63) is 71.2 Å². The lowest BCUT2D eigenvalue weighted by atomic mass is 10.0. The molecular weight excluding hydrogens is 383 g/mol. The third kappa shape index (κ3) is 6.13. The fourth-order valence-electron chi connectivity index (χ4n) is 3.11. The molecule has 4 nitrogen and oxygen atoms in total. The van der Waals surface area contributed by atoms with E-state index in [1.54, 1.807) is 26.1 Å². The summed E-state index contributed by atoms with van der Waals surface area (Å²) in [4.78, 5) is 4.01. The zero-order valence-electron chi connectivity index (χ0n) is 16.4. The Balaban J connectivity index is 0.000000212. The molecule has 158 valence electrons. The van der Waals surface area contributed by atoms with Gasteiger partial charge in [0.1, 0.15) is 11.9 Å². The fourth-order valence-corrected chi connectivity index (χ4v) is 3.11. The summed E-state index contributed by atoms with van der Waals surface area (Å²) in [5.41, 5.74) is 1.61. The molecule has 1 aliphatic heterocycles. The molecule has 1 saturated heterocycles. The van der Waals surface area contributed by atoms with Crippen LogP contribution in [0.1, 0.15) is 38.4 Å². The number of rotatable bonds is 5. The van der Waals surface area contributed by atoms with Gasteiger partial charge in [-0.25, -0.2) is 13.2 Å². The van der Waals surface area contributed by atoms with Gasteiger partial charge in [-0.3, -0.25) is 4.99 Å². The predicted molar refractivity (Wildman–Crippen MR) is 106 cm³/mol. The van der Waals surface area contributed by atoms with Crippen molar-refractivity contribution in [1.29, 1.82) is 0 Å². The molecule has 0 amide bonds. The van der Waals surface area contributed by atoms with E-state index in [-0.39, 0.29) is 17.5 Å². The number of aliphatic imine (C=N–C) groups is 1. The summed E-state index contributed by atoms with van der Waals surface area (Å²) in [5, 5.41) is 19.5. The van der Waals surface area contributed by atoms with E-state index in [9.17, 15) is 23.4 Å². The fraction of sp³-hybridized carbons (Fsp3) is 0.409. The van der Waals surface area contributed by atoms with Crippen molar-refractivity contribution in [2.75, 3.05) is 0 Å². The van der Waals surface area contributed by atoms with Crippen molar-refractivity contribution in [3.63, 3.8) is 0 Å². The monoisotopic (exact) mass is 409 g/mol. The molecule has 0 radical (unpaired) electrons. The van der Waals surface area contributed by atoms with Crippen molar-refractivity contribution >= 4 is 6.21 Å². The SMILES string of the molecule is C=C(C1=C(N=CC)CC=C1)C(F)F.C[C@@H]1O[C@H]([C@H](O)c2ccc(F)cc2)C[C@H]1O. The summed E-state index contributed by atoms with van der Waals surface area (Å²) in [5.74, 6) is -0.336. The molecular formula is C22H26F3NO3. The van der Waals surface area contributed by atoms with E-state index in [1.807, 2.05) is 6.08 Å². The summed E-state index contributed by atoms with van der Waals surface area (Å²) in [6.07, 6.45) is 1.53. The Morgan fingerprint density at radius 3 is 2.48 bits per heavy atom. The number of hydrogen-bond donors (Lipinski definition) is 2. The van der Waals surface area contributed by atoms with Gasteiger partial charge in [-0.05, 0) is 31.5 Å². The van der Waals surface area contributed by atoms with E-state index in [0.717, 1.165) is 0 Å². The van der Waals surface area contributed by atoms with Crippen molar-refractivity contribution in [1.82, 2.24) is 0 Å². The lowest BCUT2D eigenvalue weighted by molar-refractivity contribution is -0.0380. The molecule has 0 unspecified atom stereocenters. The second kappa shape index (κ2) is 10.5. The molecule has 0 bridgehead atoms. The van der Waals surface area contributed by atoms with Gasteiger partial charge >= 0.3 is 0 Å². The maximum Gasteiger partial charge on any atom is 0.263 e. The quantitative estimate of drug-likeness (QED) is 0.704. The molecule has 0 saturated carbocycles. The van der Waals surface area contributed by atoms with Gasteiger partial charge in [0, 0.05) is 30.2 Å². The zero-order chi connectivity index (χ0) is 21.6. The first-order valence-corrected chi connectivity index (χ1v) is 9.37. The van der Waals surface area contributed by atoms with Gasteiger partial charge in [0.15, 0.2) is 0 Å². The van der Waals surface area contributed by atoms with Crippen molar-refractivity contribution in [2.24, 2.45) is 4.99 Å². The lowest BCUT2D eigenvalue weighted by Crippen LogP contribution is -2.18. The number of halogens is 3. The van der Waals surface area contributed by atoms with Crippen LogP contribution >= 0.6 is 0 Å². The molecule has 29 heavy (non-hydrogen) atoms. The number of hydrogen-bond acceptors (Lipinski definition) is 4. The lowest BCUT2D eigenvalue weighted by Gasteiger charge is -2.18. The minimum Gasteiger partial charge on any atom is -0.390 e. The highest BCUT2D eigenvalue weighted by atomic mass is 19.3. The molecule has 1 aromatic carbocycles. The van der Waals surface area contributed by atoms with Crippen LogP contribution in [0.5, 0.6) is 0 Å². The van der Waals surface area contributed by atoms with Crippen LogP contribution in [0, 0.1) is 5.82 Å². The number of nitrogens with zero attached hydrogens (tertiary/aromatic N) is 1. The van der Waals surface area contributed by atoms with Crippen LogP contribution in [-0.4, -0.2) is 41.2 Å². The second-order valence-electron chi connectivity index (χ2n) is 6.86. The Bertz CT molecular complexity index is 777. The van der Waals surface area contributed by atoms with Crippen molar-refractivity contribution in [2.45, 2.75) is 57.5 Å². The van der Waals surface area contributed by atoms with Gasteiger partial charge in [-0.1, -0.05) is 30.9 Å². The number of benzene rings is 1. The van der Waals surface area contributed by atoms with Crippen LogP contribution in [0.2, 0.25) is 0 Å². The molecule has 1 fully saturated rings. The molecule has 7 heteroatoms. The van der Waals surface area contributed by atoms with Crippen LogP contribution in [-0.2, 0) is 4.74 Å². The number of ether oxygens (including phenoxy) is 1. The average molecular weight is 409 g/mol. The third-order valence-electron chi connectivity index (χ3n) is 4.77. The van der Waals surface area contributed by atoms with Gasteiger partial charge in [-0.15, -0.1) is 0 Å². The van der Waals surface area contributed by atoms with Gasteiger partial charge in [0.2, 0.25) is 0 Å². The summed E-state index contributed by atoms with van der Waals surface area (Å²) in [7, 11) is 0. The van der Waals surface area contributed by atoms with Crippen LogP contribution in [0.3, 0.4) is 0 Å². The maximum absolute atomic E-state index is 12.7. The third-order valence-corrected chi connectivity index (χ3v) is 4.77. The van der Waals surface area contributed by atoms with Crippen LogP contribution in [0.4, 0.5) is 13.2 Å². The normalized spacial score (nSPS) is 24.9. The first-order valence-electron chi connectivity index (χ1n) is 9.37. The van der Waals surface area contributed by atoms with Crippen molar-refractivity contribution < 1.29 is 28.1 Å². The summed E-state index contributed by atoms with van der Waals surface area (Å²) < 4.78 is 42.7. The number of aliphatic hydroxyl groups excluding tert-OH is 2. The van der Waals surface area contributed by atoms with E-state index in [2.05, 4.69) is 11.6 Å². The highest BCUT2D eigenvalue weighted by Gasteiger charge is 2.35. The first kappa shape index (κ1) is 23.1. The first-order chi connectivity index (χ1) is 13.7. The summed E-state index contributed by atoms with van der Waals surface area (Å²) in [6, 6.07) is 5.65. The molecule has 4 atom stereocenters.